The lowest BCUT2D eigenvalue weighted by Gasteiger charge is -2.57. The van der Waals surface area contributed by atoms with Crippen LogP contribution < -0.4 is 10.0 Å². The Morgan fingerprint density at radius 2 is 1.42 bits per heavy atom. The maximum Gasteiger partial charge on any atom is 0.263 e. The van der Waals surface area contributed by atoms with Crippen LogP contribution in [0.5, 0.6) is 0 Å². The summed E-state index contributed by atoms with van der Waals surface area (Å²) in [7, 11) is -3.99. The molecule has 4 aliphatic rings. The van der Waals surface area contributed by atoms with E-state index in [0.29, 0.717) is 16.8 Å². The molecule has 0 radical (unpaired) electrons. The van der Waals surface area contributed by atoms with Gasteiger partial charge in [-0.2, -0.15) is 0 Å². The molecule has 4 aliphatic carbocycles. The SMILES string of the molecule is Cc1ccc(NS(=O)(=O)c2cc(C(=O)Nc3ccc(C45CC6CC(CC(C6)C4)C5)cc3)ccc2Cl)cc1C. The van der Waals surface area contributed by atoms with E-state index in [1.54, 1.807) is 12.1 Å². The van der Waals surface area contributed by atoms with E-state index in [1.807, 2.05) is 32.0 Å². The maximum atomic E-state index is 13.1. The number of benzene rings is 3. The number of hydrogen-bond donors (Lipinski definition) is 2. The first-order chi connectivity index (χ1) is 18.1. The number of hydrogen-bond acceptors (Lipinski definition) is 3. The van der Waals surface area contributed by atoms with Gasteiger partial charge in [-0.1, -0.05) is 29.8 Å². The minimum atomic E-state index is -3.99. The van der Waals surface area contributed by atoms with Crippen molar-refractivity contribution in [2.75, 3.05) is 10.0 Å². The van der Waals surface area contributed by atoms with Crippen molar-refractivity contribution in [1.82, 2.24) is 0 Å². The van der Waals surface area contributed by atoms with Crippen LogP contribution in [-0.4, -0.2) is 14.3 Å². The van der Waals surface area contributed by atoms with Crippen molar-refractivity contribution in [1.29, 1.82) is 0 Å². The van der Waals surface area contributed by atoms with Crippen molar-refractivity contribution in [2.45, 2.75) is 62.7 Å². The van der Waals surface area contributed by atoms with E-state index in [4.69, 9.17) is 11.6 Å². The van der Waals surface area contributed by atoms with Gasteiger partial charge in [0.05, 0.1) is 5.02 Å². The summed E-state index contributed by atoms with van der Waals surface area (Å²) in [5.41, 5.74) is 5.09. The molecule has 0 aliphatic heterocycles. The zero-order valence-electron chi connectivity index (χ0n) is 21.8. The minimum absolute atomic E-state index is 0.0535. The minimum Gasteiger partial charge on any atom is -0.322 e. The molecule has 3 aromatic rings. The van der Waals surface area contributed by atoms with Crippen molar-refractivity contribution in [3.63, 3.8) is 0 Å². The quantitative estimate of drug-likeness (QED) is 0.335. The molecule has 7 heteroatoms. The highest BCUT2D eigenvalue weighted by Gasteiger charge is 2.51. The molecule has 0 heterocycles. The van der Waals surface area contributed by atoms with Gasteiger partial charge in [0, 0.05) is 16.9 Å². The molecule has 1 amide bonds. The molecular weight excluding hydrogens is 516 g/mol. The Balaban J connectivity index is 1.18. The third kappa shape index (κ3) is 4.73. The van der Waals surface area contributed by atoms with E-state index < -0.39 is 10.0 Å². The lowest BCUT2D eigenvalue weighted by Crippen LogP contribution is -2.48. The standard InChI is InChI=1S/C31H33ClN2O3S/c1-19-3-7-27(11-20(19)2)34-38(36,37)29-15-24(4-10-28(29)32)30(35)33-26-8-5-25(6-9-26)31-16-21-12-22(17-31)14-23(13-21)18-31/h3-11,15,21-23,34H,12-14,16-18H2,1-2H3,(H,33,35). The van der Waals surface area contributed by atoms with Gasteiger partial charge in [0.1, 0.15) is 4.90 Å². The summed E-state index contributed by atoms with van der Waals surface area (Å²) in [6.07, 6.45) is 8.11. The zero-order chi connectivity index (χ0) is 26.7. The van der Waals surface area contributed by atoms with Crippen molar-refractivity contribution in [2.24, 2.45) is 17.8 Å². The van der Waals surface area contributed by atoms with Gasteiger partial charge in [0.25, 0.3) is 15.9 Å². The molecular formula is C31H33ClN2O3S. The first-order valence-corrected chi connectivity index (χ1v) is 15.3. The second kappa shape index (κ2) is 9.42. The fourth-order valence-corrected chi connectivity index (χ4v) is 9.02. The third-order valence-corrected chi connectivity index (χ3v) is 10.9. The molecule has 0 aromatic heterocycles. The summed E-state index contributed by atoms with van der Waals surface area (Å²) >= 11 is 6.26. The summed E-state index contributed by atoms with van der Waals surface area (Å²) < 4.78 is 28.8. The van der Waals surface area contributed by atoms with Crippen LogP contribution in [0.2, 0.25) is 5.02 Å². The highest BCUT2D eigenvalue weighted by molar-refractivity contribution is 7.92. The Morgan fingerprint density at radius 1 is 0.816 bits per heavy atom. The number of amides is 1. The predicted molar refractivity (Wildman–Crippen MR) is 152 cm³/mol. The van der Waals surface area contributed by atoms with Gasteiger partial charge in [-0.15, -0.1) is 0 Å². The molecule has 0 saturated heterocycles. The normalized spacial score (nSPS) is 25.8. The number of sulfonamides is 1. The number of halogens is 1. The highest BCUT2D eigenvalue weighted by atomic mass is 35.5. The van der Waals surface area contributed by atoms with Crippen molar-refractivity contribution < 1.29 is 13.2 Å². The van der Waals surface area contributed by atoms with Gasteiger partial charge in [-0.25, -0.2) is 8.42 Å². The number of rotatable bonds is 6. The van der Waals surface area contributed by atoms with E-state index in [9.17, 15) is 13.2 Å². The molecule has 38 heavy (non-hydrogen) atoms. The Morgan fingerprint density at radius 3 is 2.03 bits per heavy atom. The largest absolute Gasteiger partial charge is 0.322 e. The molecule has 7 rings (SSSR count). The molecule has 4 bridgehead atoms. The first kappa shape index (κ1) is 25.4. The summed E-state index contributed by atoms with van der Waals surface area (Å²) in [5.74, 6) is 2.24. The van der Waals surface area contributed by atoms with Crippen LogP contribution in [0.25, 0.3) is 0 Å². The van der Waals surface area contributed by atoms with Gasteiger partial charge < -0.3 is 5.32 Å². The van der Waals surface area contributed by atoms with E-state index in [2.05, 4.69) is 22.2 Å². The fourth-order valence-electron chi connectivity index (χ4n) is 7.44. The molecule has 0 atom stereocenters. The Kier molecular flexibility index (Phi) is 6.31. The van der Waals surface area contributed by atoms with Crippen LogP contribution in [0, 0.1) is 31.6 Å². The van der Waals surface area contributed by atoms with E-state index in [-0.39, 0.29) is 21.4 Å². The molecule has 0 spiro atoms. The van der Waals surface area contributed by atoms with Gasteiger partial charge >= 0.3 is 0 Å². The van der Waals surface area contributed by atoms with Crippen molar-refractivity contribution >= 4 is 38.9 Å². The van der Waals surface area contributed by atoms with Crippen LogP contribution in [0.1, 0.15) is 65.6 Å². The molecule has 0 unspecified atom stereocenters. The lowest BCUT2D eigenvalue weighted by molar-refractivity contribution is -0.00518. The van der Waals surface area contributed by atoms with E-state index >= 15 is 0 Å². The van der Waals surface area contributed by atoms with E-state index in [0.717, 1.165) is 28.9 Å². The third-order valence-electron chi connectivity index (χ3n) is 9.04. The summed E-state index contributed by atoms with van der Waals surface area (Å²) in [6, 6.07) is 17.9. The Bertz CT molecular complexity index is 1480. The number of anilines is 2. The van der Waals surface area contributed by atoms with Crippen molar-refractivity contribution in [3.8, 4) is 0 Å². The molecule has 5 nitrogen and oxygen atoms in total. The second-order valence-electron chi connectivity index (χ2n) is 11.8. The average molecular weight is 549 g/mol. The van der Waals surface area contributed by atoms with Gasteiger partial charge in [0.2, 0.25) is 0 Å². The monoisotopic (exact) mass is 548 g/mol. The molecule has 3 aromatic carbocycles. The van der Waals surface area contributed by atoms with Crippen LogP contribution in [0.15, 0.2) is 65.6 Å². The fraction of sp³-hybridized carbons (Fsp3) is 0.387. The number of aryl methyl sites for hydroxylation is 2. The lowest BCUT2D eigenvalue weighted by atomic mass is 9.48. The van der Waals surface area contributed by atoms with Crippen LogP contribution in [0.4, 0.5) is 11.4 Å². The Hall–Kier alpha value is -2.83. The van der Waals surface area contributed by atoms with Crippen LogP contribution in [0.3, 0.4) is 0 Å². The first-order valence-electron chi connectivity index (χ1n) is 13.4. The summed E-state index contributed by atoms with van der Waals surface area (Å²) in [4.78, 5) is 12.9. The van der Waals surface area contributed by atoms with E-state index in [1.165, 1.54) is 62.3 Å². The average Bonchev–Trinajstić information content (AvgIpc) is 2.86. The summed E-state index contributed by atoms with van der Waals surface area (Å²) in [5, 5.41) is 2.98. The molecule has 4 saturated carbocycles. The van der Waals surface area contributed by atoms with Crippen LogP contribution in [-0.2, 0) is 15.4 Å². The molecule has 2 N–H and O–H groups in total. The van der Waals surface area contributed by atoms with Crippen molar-refractivity contribution in [3.05, 3.63) is 87.9 Å². The second-order valence-corrected chi connectivity index (χ2v) is 13.8. The maximum absolute atomic E-state index is 13.1. The smallest absolute Gasteiger partial charge is 0.263 e. The van der Waals surface area contributed by atoms with Gasteiger partial charge in [-0.3, -0.25) is 9.52 Å². The Labute approximate surface area is 230 Å². The summed E-state index contributed by atoms with van der Waals surface area (Å²) in [6.45, 7) is 3.88. The number of carbonyl (C=O) groups is 1. The van der Waals surface area contributed by atoms with Gasteiger partial charge in [-0.05, 0) is 135 Å². The number of carbonyl (C=O) groups excluding carboxylic acids is 1. The molecule has 4 fully saturated rings. The molecule has 198 valence electrons. The zero-order valence-corrected chi connectivity index (χ0v) is 23.3. The predicted octanol–water partition coefficient (Wildman–Crippen LogP) is 7.48. The van der Waals surface area contributed by atoms with Gasteiger partial charge in [0.15, 0.2) is 0 Å². The van der Waals surface area contributed by atoms with Crippen LogP contribution >= 0.6 is 11.6 Å². The number of nitrogens with one attached hydrogen (secondary N) is 2. The topological polar surface area (TPSA) is 75.3 Å². The highest BCUT2D eigenvalue weighted by Crippen LogP contribution is 2.60.